The molecule has 0 saturated heterocycles. The van der Waals surface area contributed by atoms with Gasteiger partial charge >= 0.3 is 0 Å². The van der Waals surface area contributed by atoms with Crippen LogP contribution >= 0.6 is 43.5 Å². The fraction of sp³-hybridized carbons (Fsp3) is 0.419. The maximum Gasteiger partial charge on any atom is 0.162 e. The van der Waals surface area contributed by atoms with Gasteiger partial charge < -0.3 is 9.64 Å². The minimum Gasteiger partial charge on any atom is -0.487 e. The number of halogens is 3. The summed E-state index contributed by atoms with van der Waals surface area (Å²) in [6.45, 7) is 8.98. The van der Waals surface area contributed by atoms with Crippen LogP contribution in [0.1, 0.15) is 70.4 Å². The Morgan fingerprint density at radius 2 is 1.34 bits per heavy atom. The summed E-state index contributed by atoms with van der Waals surface area (Å²) in [5, 5.41) is 0.683. The quantitative estimate of drug-likeness (QED) is 0.329. The zero-order valence-corrected chi connectivity index (χ0v) is 26.3. The van der Waals surface area contributed by atoms with Crippen LogP contribution < -0.4 is 4.74 Å². The molecular formula is C31H32Br2ClNO3. The molecule has 5 rings (SSSR count). The first kappa shape index (κ1) is 27.7. The summed E-state index contributed by atoms with van der Waals surface area (Å²) in [4.78, 5) is 29.6. The van der Waals surface area contributed by atoms with E-state index in [1.54, 1.807) is 0 Å². The number of hydrogen-bond acceptors (Lipinski definition) is 4. The van der Waals surface area contributed by atoms with E-state index in [2.05, 4.69) is 64.5 Å². The van der Waals surface area contributed by atoms with Gasteiger partial charge in [0.15, 0.2) is 11.6 Å². The molecule has 2 aliphatic carbocycles. The van der Waals surface area contributed by atoms with Crippen molar-refractivity contribution in [3.63, 3.8) is 0 Å². The number of carbonyl (C=O) groups is 2. The fourth-order valence-electron chi connectivity index (χ4n) is 6.12. The van der Waals surface area contributed by atoms with E-state index < -0.39 is 0 Å². The molecule has 0 spiro atoms. The Bertz CT molecular complexity index is 1330. The molecular weight excluding hydrogens is 630 g/mol. The second-order valence-electron chi connectivity index (χ2n) is 12.3. The first-order valence-electron chi connectivity index (χ1n) is 12.9. The topological polar surface area (TPSA) is 46.6 Å². The van der Waals surface area contributed by atoms with Crippen molar-refractivity contribution in [2.24, 2.45) is 10.8 Å². The summed E-state index contributed by atoms with van der Waals surface area (Å²) in [5.74, 6) is 0.550. The first-order chi connectivity index (χ1) is 17.8. The van der Waals surface area contributed by atoms with Crippen molar-refractivity contribution in [1.82, 2.24) is 4.90 Å². The third kappa shape index (κ3) is 5.16. The Morgan fingerprint density at radius 3 is 1.82 bits per heavy atom. The standard InChI is InChI=1S/C31H32Br2ClNO3/c1-30(2)12-22-27(24(36)14-30)26(28-23(35(22)5)13-31(3,4)15-25(28)37)18-10-20(32)29(21(33)11-18)38-16-17-6-8-19(34)9-7-17/h6-11,26H,12-16H2,1-5H3. The Labute approximate surface area is 246 Å². The van der Waals surface area contributed by atoms with Crippen molar-refractivity contribution in [2.45, 2.75) is 65.9 Å². The summed E-state index contributed by atoms with van der Waals surface area (Å²) in [6.07, 6.45) is 2.56. The van der Waals surface area contributed by atoms with E-state index in [1.807, 2.05) is 43.4 Å². The lowest BCUT2D eigenvalue weighted by Crippen LogP contribution is -2.43. The van der Waals surface area contributed by atoms with Crippen LogP contribution in [0.25, 0.3) is 0 Å². The second kappa shape index (κ2) is 9.94. The lowest BCUT2D eigenvalue weighted by Gasteiger charge is -2.48. The van der Waals surface area contributed by atoms with Gasteiger partial charge in [-0.1, -0.05) is 51.4 Å². The number of benzene rings is 2. The van der Waals surface area contributed by atoms with Gasteiger partial charge in [0.25, 0.3) is 0 Å². The highest BCUT2D eigenvalue weighted by Gasteiger charge is 2.48. The number of hydrogen-bond donors (Lipinski definition) is 0. The monoisotopic (exact) mass is 659 g/mol. The van der Waals surface area contributed by atoms with Crippen LogP contribution in [0.15, 0.2) is 67.9 Å². The van der Waals surface area contributed by atoms with Gasteiger partial charge in [0.05, 0.1) is 8.95 Å². The predicted molar refractivity (Wildman–Crippen MR) is 158 cm³/mol. The van der Waals surface area contributed by atoms with Gasteiger partial charge in [-0.25, -0.2) is 0 Å². The van der Waals surface area contributed by atoms with Gasteiger partial charge in [-0.3, -0.25) is 9.59 Å². The van der Waals surface area contributed by atoms with Gasteiger partial charge in [0, 0.05) is 53.4 Å². The van der Waals surface area contributed by atoms with Crippen LogP contribution in [-0.4, -0.2) is 23.5 Å². The van der Waals surface area contributed by atoms with Crippen LogP contribution in [0.2, 0.25) is 5.02 Å². The molecule has 0 fully saturated rings. The summed E-state index contributed by atoms with van der Waals surface area (Å²) in [5.41, 5.74) is 5.31. The van der Waals surface area contributed by atoms with Crippen LogP contribution in [0.4, 0.5) is 0 Å². The molecule has 0 bridgehead atoms. The van der Waals surface area contributed by atoms with E-state index in [0.29, 0.717) is 30.2 Å². The van der Waals surface area contributed by atoms with Crippen molar-refractivity contribution >= 4 is 55.0 Å². The average Bonchev–Trinajstić information content (AvgIpc) is 2.79. The molecule has 2 aromatic rings. The lowest BCUT2D eigenvalue weighted by atomic mass is 9.64. The zero-order chi connectivity index (χ0) is 27.6. The maximum atomic E-state index is 13.7. The minimum atomic E-state index is -0.388. The molecule has 0 unspecified atom stereocenters. The number of ether oxygens (including phenoxy) is 1. The molecule has 0 N–H and O–H groups in total. The third-order valence-corrected chi connectivity index (χ3v) is 9.26. The highest BCUT2D eigenvalue weighted by atomic mass is 79.9. The molecule has 2 aromatic carbocycles. The molecule has 0 atom stereocenters. The van der Waals surface area contributed by atoms with Crippen LogP contribution in [0, 0.1) is 10.8 Å². The smallest absolute Gasteiger partial charge is 0.162 e. The summed E-state index contributed by atoms with van der Waals surface area (Å²) in [6, 6.07) is 11.6. The van der Waals surface area contributed by atoms with Crippen LogP contribution in [-0.2, 0) is 16.2 Å². The maximum absolute atomic E-state index is 13.7. The van der Waals surface area contributed by atoms with E-state index >= 15 is 0 Å². The minimum absolute atomic E-state index is 0.123. The van der Waals surface area contributed by atoms with E-state index in [0.717, 1.165) is 55.5 Å². The Morgan fingerprint density at radius 1 is 0.868 bits per heavy atom. The zero-order valence-electron chi connectivity index (χ0n) is 22.4. The van der Waals surface area contributed by atoms with Crippen molar-refractivity contribution in [3.05, 3.63) is 84.0 Å². The molecule has 200 valence electrons. The summed E-state index contributed by atoms with van der Waals surface area (Å²) < 4.78 is 7.70. The number of Topliss-reactive ketones (excluding diaryl/α,β-unsaturated/α-hetero) is 2. The van der Waals surface area contributed by atoms with E-state index in [9.17, 15) is 9.59 Å². The molecule has 38 heavy (non-hydrogen) atoms. The molecule has 3 aliphatic rings. The van der Waals surface area contributed by atoms with Crippen molar-refractivity contribution in [3.8, 4) is 5.75 Å². The molecule has 1 aliphatic heterocycles. The van der Waals surface area contributed by atoms with Crippen molar-refractivity contribution in [1.29, 1.82) is 0 Å². The second-order valence-corrected chi connectivity index (χ2v) is 14.5. The highest BCUT2D eigenvalue weighted by molar-refractivity contribution is 9.11. The highest BCUT2D eigenvalue weighted by Crippen LogP contribution is 2.54. The number of allylic oxidation sites excluding steroid dienone is 4. The van der Waals surface area contributed by atoms with E-state index in [-0.39, 0.29) is 28.3 Å². The molecule has 0 aromatic heterocycles. The van der Waals surface area contributed by atoms with Crippen LogP contribution in [0.5, 0.6) is 5.75 Å². The van der Waals surface area contributed by atoms with E-state index in [4.69, 9.17) is 16.3 Å². The average molecular weight is 662 g/mol. The molecule has 4 nitrogen and oxygen atoms in total. The Kier molecular flexibility index (Phi) is 7.24. The van der Waals surface area contributed by atoms with Crippen molar-refractivity contribution in [2.75, 3.05) is 7.05 Å². The Balaban J connectivity index is 1.59. The van der Waals surface area contributed by atoms with Gasteiger partial charge in [-0.15, -0.1) is 0 Å². The summed E-state index contributed by atoms with van der Waals surface area (Å²) in [7, 11) is 2.03. The van der Waals surface area contributed by atoms with Gasteiger partial charge in [-0.2, -0.15) is 0 Å². The molecule has 0 saturated carbocycles. The first-order valence-corrected chi connectivity index (χ1v) is 14.9. The SMILES string of the molecule is CN1C2=C(C(=O)CC(C)(C)C2)C(c2cc(Br)c(OCc3ccc(Cl)cc3)c(Br)c2)C2=C1CC(C)(C)CC2=O. The van der Waals surface area contributed by atoms with Gasteiger partial charge in [0.1, 0.15) is 12.4 Å². The Hall–Kier alpha value is -1.89. The lowest BCUT2D eigenvalue weighted by molar-refractivity contribution is -0.119. The normalized spacial score (nSPS) is 21.0. The number of carbonyl (C=O) groups excluding carboxylic acids is 2. The van der Waals surface area contributed by atoms with E-state index in [1.165, 1.54) is 0 Å². The molecule has 0 amide bonds. The molecule has 0 radical (unpaired) electrons. The summed E-state index contributed by atoms with van der Waals surface area (Å²) >= 11 is 13.4. The van der Waals surface area contributed by atoms with Gasteiger partial charge in [0.2, 0.25) is 0 Å². The number of nitrogens with zero attached hydrogens (tertiary/aromatic N) is 1. The molecule has 7 heteroatoms. The third-order valence-electron chi connectivity index (χ3n) is 7.83. The largest absolute Gasteiger partial charge is 0.487 e. The van der Waals surface area contributed by atoms with Crippen molar-refractivity contribution < 1.29 is 14.3 Å². The number of rotatable bonds is 4. The van der Waals surface area contributed by atoms with Gasteiger partial charge in [-0.05, 0) is 90.9 Å². The predicted octanol–water partition coefficient (Wildman–Crippen LogP) is 8.76. The number of ketones is 2. The van der Waals surface area contributed by atoms with Crippen LogP contribution in [0.3, 0.4) is 0 Å². The molecule has 1 heterocycles. The fourth-order valence-corrected chi connectivity index (χ4v) is 7.69.